The normalized spacial score (nSPS) is 20.1. The van der Waals surface area contributed by atoms with Gasteiger partial charge < -0.3 is 30.7 Å². The van der Waals surface area contributed by atoms with E-state index >= 15 is 0 Å². The summed E-state index contributed by atoms with van der Waals surface area (Å²) in [5.74, 6) is 1.09. The quantitative estimate of drug-likeness (QED) is 0.453. The Balaban J connectivity index is 1.43. The van der Waals surface area contributed by atoms with Gasteiger partial charge in [0.15, 0.2) is 0 Å². The molecule has 2 saturated heterocycles. The Morgan fingerprint density at radius 2 is 1.94 bits per heavy atom. The maximum absolute atomic E-state index is 12.9. The minimum Gasteiger partial charge on any atom is -0.394 e. The lowest BCUT2D eigenvalue weighted by Gasteiger charge is -2.31. The van der Waals surface area contributed by atoms with Gasteiger partial charge in [-0.1, -0.05) is 6.07 Å². The number of aromatic nitrogens is 5. The molecular weight excluding hydrogens is 450 g/mol. The highest BCUT2D eigenvalue weighted by Gasteiger charge is 2.40. The summed E-state index contributed by atoms with van der Waals surface area (Å²) in [7, 11) is 0. The third-order valence-corrected chi connectivity index (χ3v) is 6.20. The van der Waals surface area contributed by atoms with Gasteiger partial charge >= 0.3 is 0 Å². The van der Waals surface area contributed by atoms with Crippen LogP contribution in [-0.4, -0.2) is 92.4 Å². The summed E-state index contributed by atoms with van der Waals surface area (Å²) in [5.41, 5.74) is 6.59. The Kier molecular flexibility index (Phi) is 6.38. The van der Waals surface area contributed by atoms with Crippen LogP contribution < -0.4 is 16.0 Å². The van der Waals surface area contributed by atoms with Gasteiger partial charge in [0.25, 0.3) is 5.91 Å². The number of aliphatic hydroxyl groups excluding tert-OH is 1. The molecule has 1 atom stereocenters. The lowest BCUT2D eigenvalue weighted by Crippen LogP contribution is -2.46. The lowest BCUT2D eigenvalue weighted by molar-refractivity contribution is 0.0773. The van der Waals surface area contributed by atoms with E-state index in [2.05, 4.69) is 20.3 Å². The predicted octanol–water partition coefficient (Wildman–Crippen LogP) is 0.436. The van der Waals surface area contributed by atoms with Crippen molar-refractivity contribution in [3.63, 3.8) is 0 Å². The first-order valence-electron chi connectivity index (χ1n) is 11.4. The van der Waals surface area contributed by atoms with Crippen LogP contribution in [0.1, 0.15) is 16.9 Å². The highest BCUT2D eigenvalue weighted by Crippen LogP contribution is 2.29. The second-order valence-corrected chi connectivity index (χ2v) is 8.62. The summed E-state index contributed by atoms with van der Waals surface area (Å²) in [5, 5.41) is 13.8. The Hall–Kier alpha value is -3.90. The summed E-state index contributed by atoms with van der Waals surface area (Å²) in [6.07, 6.45) is 5.38. The molecule has 12 heteroatoms. The number of ether oxygens (including phenoxy) is 1. The molecule has 5 heterocycles. The van der Waals surface area contributed by atoms with E-state index in [1.165, 1.54) is 0 Å². The average molecular weight is 478 g/mol. The molecule has 0 bridgehead atoms. The van der Waals surface area contributed by atoms with E-state index in [1.807, 2.05) is 4.90 Å². The summed E-state index contributed by atoms with van der Waals surface area (Å²) in [4.78, 5) is 38.5. The summed E-state index contributed by atoms with van der Waals surface area (Å²) in [6, 6.07) is 7.03. The van der Waals surface area contributed by atoms with Crippen LogP contribution in [0.5, 0.6) is 0 Å². The van der Waals surface area contributed by atoms with E-state index in [4.69, 9.17) is 20.4 Å². The van der Waals surface area contributed by atoms with Crippen LogP contribution in [0.15, 0.2) is 42.9 Å². The summed E-state index contributed by atoms with van der Waals surface area (Å²) in [6.45, 7) is 3.14. The van der Waals surface area contributed by atoms with Gasteiger partial charge in [-0.2, -0.15) is 4.98 Å². The number of hydrogen-bond acceptors (Lipinski definition) is 11. The van der Waals surface area contributed by atoms with E-state index in [0.29, 0.717) is 74.5 Å². The Labute approximate surface area is 202 Å². The van der Waals surface area contributed by atoms with Crippen LogP contribution in [0, 0.1) is 0 Å². The van der Waals surface area contributed by atoms with Crippen LogP contribution in [0.25, 0.3) is 11.3 Å². The van der Waals surface area contributed by atoms with Gasteiger partial charge in [0.1, 0.15) is 11.5 Å². The molecule has 182 valence electrons. The number of likely N-dealkylation sites (tertiary alicyclic amines) is 1. The smallest absolute Gasteiger partial charge is 0.272 e. The van der Waals surface area contributed by atoms with Crippen molar-refractivity contribution < 1.29 is 14.6 Å². The SMILES string of the molecule is Nc1ncc(-c2cc(N[C@@]3(CO)CCN(C(=O)c4ccccn4)C3)nc(N3CCOCC3)n2)cn1. The van der Waals surface area contributed by atoms with E-state index in [9.17, 15) is 9.90 Å². The second kappa shape index (κ2) is 9.76. The maximum Gasteiger partial charge on any atom is 0.272 e. The number of carbonyl (C=O) groups is 1. The minimum absolute atomic E-state index is 0.167. The topological polar surface area (TPSA) is 156 Å². The van der Waals surface area contributed by atoms with Crippen molar-refractivity contribution in [3.05, 3.63) is 48.5 Å². The van der Waals surface area contributed by atoms with Gasteiger partial charge in [-0.25, -0.2) is 15.0 Å². The van der Waals surface area contributed by atoms with E-state index in [-0.39, 0.29) is 18.5 Å². The van der Waals surface area contributed by atoms with Gasteiger partial charge in [-0.05, 0) is 18.6 Å². The second-order valence-electron chi connectivity index (χ2n) is 8.62. The minimum atomic E-state index is -0.754. The molecule has 3 aromatic rings. The first kappa shape index (κ1) is 22.9. The fourth-order valence-corrected chi connectivity index (χ4v) is 4.26. The first-order valence-corrected chi connectivity index (χ1v) is 11.4. The molecular formula is C23H27N9O3. The van der Waals surface area contributed by atoms with E-state index in [0.717, 1.165) is 0 Å². The zero-order chi connectivity index (χ0) is 24.3. The molecule has 0 spiro atoms. The molecule has 1 amide bonds. The Bertz CT molecular complexity index is 1170. The van der Waals surface area contributed by atoms with Crippen molar-refractivity contribution in [2.75, 3.05) is 62.0 Å². The molecule has 5 rings (SSSR count). The van der Waals surface area contributed by atoms with Gasteiger partial charge in [0, 0.05) is 56.4 Å². The van der Waals surface area contributed by atoms with Crippen LogP contribution in [0.3, 0.4) is 0 Å². The summed E-state index contributed by atoms with van der Waals surface area (Å²) >= 11 is 0. The van der Waals surface area contributed by atoms with E-state index < -0.39 is 5.54 Å². The molecule has 2 aliphatic rings. The number of rotatable bonds is 6. The third kappa shape index (κ3) is 4.98. The standard InChI is InChI=1S/C23H27N9O3/c24-21-26-12-16(13-27-21)18-11-19(29-22(28-18)31-7-9-35-10-8-31)30-23(15-33)4-6-32(14-23)20(34)17-3-1-2-5-25-17/h1-3,5,11-13,33H,4,6-10,14-15H2,(H2,24,26,27)(H,28,29,30)/t23-/m0/s1. The predicted molar refractivity (Wildman–Crippen MR) is 129 cm³/mol. The van der Waals surface area contributed by atoms with Crippen molar-refractivity contribution in [1.29, 1.82) is 0 Å². The van der Waals surface area contributed by atoms with Crippen LogP contribution in [0.4, 0.5) is 17.7 Å². The van der Waals surface area contributed by atoms with Gasteiger partial charge in [-0.15, -0.1) is 0 Å². The van der Waals surface area contributed by atoms with Crippen molar-refractivity contribution >= 4 is 23.6 Å². The molecule has 35 heavy (non-hydrogen) atoms. The van der Waals surface area contributed by atoms with Gasteiger partial charge in [0.05, 0.1) is 31.1 Å². The fraction of sp³-hybridized carbons (Fsp3) is 0.391. The molecule has 0 saturated carbocycles. The molecule has 0 unspecified atom stereocenters. The molecule has 0 aromatic carbocycles. The van der Waals surface area contributed by atoms with Crippen molar-refractivity contribution in [1.82, 2.24) is 29.8 Å². The summed E-state index contributed by atoms with van der Waals surface area (Å²) < 4.78 is 5.47. The van der Waals surface area contributed by atoms with Crippen LogP contribution in [-0.2, 0) is 4.74 Å². The van der Waals surface area contributed by atoms with Gasteiger partial charge in [-0.3, -0.25) is 9.78 Å². The third-order valence-electron chi connectivity index (χ3n) is 6.20. The zero-order valence-corrected chi connectivity index (χ0v) is 19.2. The Morgan fingerprint density at radius 3 is 2.66 bits per heavy atom. The number of pyridine rings is 1. The molecule has 2 fully saturated rings. The molecule has 12 nitrogen and oxygen atoms in total. The lowest BCUT2D eigenvalue weighted by atomic mass is 10.00. The number of anilines is 3. The highest BCUT2D eigenvalue weighted by molar-refractivity contribution is 5.92. The fourth-order valence-electron chi connectivity index (χ4n) is 4.26. The largest absolute Gasteiger partial charge is 0.394 e. The molecule has 0 radical (unpaired) electrons. The number of nitrogens with zero attached hydrogens (tertiary/aromatic N) is 7. The molecule has 3 aromatic heterocycles. The first-order chi connectivity index (χ1) is 17.0. The number of amides is 1. The number of nitrogens with one attached hydrogen (secondary N) is 1. The maximum atomic E-state index is 12.9. The van der Waals surface area contributed by atoms with Gasteiger partial charge in [0.2, 0.25) is 11.9 Å². The Morgan fingerprint density at radius 1 is 1.14 bits per heavy atom. The average Bonchev–Trinajstić information content (AvgIpc) is 3.34. The number of nitrogen functional groups attached to an aromatic ring is 1. The van der Waals surface area contributed by atoms with Crippen LogP contribution >= 0.6 is 0 Å². The number of morpholine rings is 1. The zero-order valence-electron chi connectivity index (χ0n) is 19.2. The number of carbonyl (C=O) groups excluding carboxylic acids is 1. The van der Waals surface area contributed by atoms with Crippen molar-refractivity contribution in [2.24, 2.45) is 0 Å². The molecule has 4 N–H and O–H groups in total. The highest BCUT2D eigenvalue weighted by atomic mass is 16.5. The monoisotopic (exact) mass is 477 g/mol. The van der Waals surface area contributed by atoms with E-state index in [1.54, 1.807) is 47.8 Å². The molecule has 2 aliphatic heterocycles. The molecule has 0 aliphatic carbocycles. The van der Waals surface area contributed by atoms with Crippen molar-refractivity contribution in [2.45, 2.75) is 12.0 Å². The number of nitrogens with two attached hydrogens (primary N) is 1. The number of hydrogen-bond donors (Lipinski definition) is 3. The van der Waals surface area contributed by atoms with Crippen molar-refractivity contribution in [3.8, 4) is 11.3 Å². The van der Waals surface area contributed by atoms with Crippen LogP contribution in [0.2, 0.25) is 0 Å². The number of aliphatic hydroxyl groups is 1.